The highest BCUT2D eigenvalue weighted by atomic mass is 32.1. The number of ketones is 1. The molecule has 28 heavy (non-hydrogen) atoms. The fraction of sp³-hybridized carbons (Fsp3) is 0.333. The van der Waals surface area contributed by atoms with E-state index < -0.39 is 0 Å². The first kappa shape index (κ1) is 20.3. The molecule has 3 nitrogen and oxygen atoms in total. The maximum Gasteiger partial charge on any atom is 0.141 e. The summed E-state index contributed by atoms with van der Waals surface area (Å²) in [5, 5.41) is 11.3. The normalized spacial score (nSPS) is 26.0. The summed E-state index contributed by atoms with van der Waals surface area (Å²) in [6.45, 7) is 5.84. The standard InChI is InChI=1S/C24H28N2OS/c1-4-11-21(12-5-2)26-24(20-15-16-28-17-20)22(18(3)27)23(25-26)19-13-9-7-6-8-10-14-19/h4,6-9,11-12,14-17,22,24H,5,10,13H2,1-3H3/b8-6-,9-7?,11-4-,19-14+,21-12+. The summed E-state index contributed by atoms with van der Waals surface area (Å²) in [6, 6.07) is 2.02. The van der Waals surface area contributed by atoms with Gasteiger partial charge in [-0.05, 0) is 67.1 Å². The molecule has 0 saturated heterocycles. The van der Waals surface area contributed by atoms with Gasteiger partial charge in [0.25, 0.3) is 0 Å². The zero-order chi connectivity index (χ0) is 19.9. The van der Waals surface area contributed by atoms with Crippen LogP contribution < -0.4 is 0 Å². The number of thiophene rings is 1. The molecule has 2 aliphatic rings. The molecule has 146 valence electrons. The maximum absolute atomic E-state index is 12.8. The average molecular weight is 393 g/mol. The molecule has 3 rings (SSSR count). The number of hydrazone groups is 1. The number of hydrogen-bond donors (Lipinski definition) is 0. The van der Waals surface area contributed by atoms with Crippen molar-refractivity contribution in [2.75, 3.05) is 0 Å². The molecule has 0 radical (unpaired) electrons. The summed E-state index contributed by atoms with van der Waals surface area (Å²) in [4.78, 5) is 12.8. The quantitative estimate of drug-likeness (QED) is 0.527. The molecule has 1 aromatic rings. The van der Waals surface area contributed by atoms with Gasteiger partial charge in [-0.3, -0.25) is 9.80 Å². The Hall–Kier alpha value is -2.46. The third-order valence-corrected chi connectivity index (χ3v) is 5.68. The van der Waals surface area contributed by atoms with Gasteiger partial charge in [-0.2, -0.15) is 16.4 Å². The van der Waals surface area contributed by atoms with Gasteiger partial charge >= 0.3 is 0 Å². The molecule has 1 aliphatic heterocycles. The topological polar surface area (TPSA) is 32.7 Å². The molecule has 1 aliphatic carbocycles. The Morgan fingerprint density at radius 3 is 2.86 bits per heavy atom. The number of rotatable bonds is 6. The van der Waals surface area contributed by atoms with E-state index >= 15 is 0 Å². The van der Waals surface area contributed by atoms with E-state index in [0.29, 0.717) is 0 Å². The second-order valence-corrected chi connectivity index (χ2v) is 7.76. The predicted octanol–water partition coefficient (Wildman–Crippen LogP) is 6.37. The van der Waals surface area contributed by atoms with Crippen molar-refractivity contribution in [2.45, 2.75) is 46.1 Å². The van der Waals surface area contributed by atoms with Crippen LogP contribution in [-0.2, 0) is 4.79 Å². The van der Waals surface area contributed by atoms with Gasteiger partial charge in [-0.1, -0.05) is 49.5 Å². The first-order valence-electron chi connectivity index (χ1n) is 9.91. The second kappa shape index (κ2) is 9.65. The summed E-state index contributed by atoms with van der Waals surface area (Å²) < 4.78 is 0. The van der Waals surface area contributed by atoms with Crippen LogP contribution in [0.5, 0.6) is 0 Å². The van der Waals surface area contributed by atoms with Crippen LogP contribution in [0.2, 0.25) is 0 Å². The molecular weight excluding hydrogens is 364 g/mol. The Kier molecular flexibility index (Phi) is 6.99. The lowest BCUT2D eigenvalue weighted by atomic mass is 9.83. The maximum atomic E-state index is 12.8. The lowest BCUT2D eigenvalue weighted by Crippen LogP contribution is -2.30. The van der Waals surface area contributed by atoms with Gasteiger partial charge < -0.3 is 0 Å². The predicted molar refractivity (Wildman–Crippen MR) is 119 cm³/mol. The Balaban J connectivity index is 2.12. The molecule has 4 heteroatoms. The van der Waals surface area contributed by atoms with Gasteiger partial charge in [0.2, 0.25) is 0 Å². The minimum Gasteiger partial charge on any atom is -0.299 e. The van der Waals surface area contributed by atoms with Crippen molar-refractivity contribution in [3.63, 3.8) is 0 Å². The zero-order valence-corrected chi connectivity index (χ0v) is 17.7. The number of hydrogen-bond acceptors (Lipinski definition) is 4. The summed E-state index contributed by atoms with van der Waals surface area (Å²) in [5.41, 5.74) is 4.26. The average Bonchev–Trinajstić information content (AvgIpc) is 3.28. The molecule has 0 spiro atoms. The van der Waals surface area contributed by atoms with E-state index in [4.69, 9.17) is 5.10 Å². The van der Waals surface area contributed by atoms with Crippen LogP contribution in [0.3, 0.4) is 0 Å². The van der Waals surface area contributed by atoms with Gasteiger partial charge in [0.05, 0.1) is 23.4 Å². The van der Waals surface area contributed by atoms with Crippen molar-refractivity contribution in [3.05, 3.63) is 82.3 Å². The third-order valence-electron chi connectivity index (χ3n) is 4.98. The van der Waals surface area contributed by atoms with Gasteiger partial charge in [0, 0.05) is 0 Å². The van der Waals surface area contributed by atoms with Crippen molar-refractivity contribution < 1.29 is 4.79 Å². The fourth-order valence-electron chi connectivity index (χ4n) is 3.76. The molecular formula is C24H28N2OS. The molecule has 0 amide bonds. The fourth-order valence-corrected chi connectivity index (χ4v) is 4.45. The van der Waals surface area contributed by atoms with E-state index in [9.17, 15) is 4.79 Å². The monoisotopic (exact) mass is 392 g/mol. The highest BCUT2D eigenvalue weighted by Gasteiger charge is 2.43. The van der Waals surface area contributed by atoms with Crippen molar-refractivity contribution in [1.29, 1.82) is 0 Å². The summed E-state index contributed by atoms with van der Waals surface area (Å²) in [5.74, 6) is -0.0978. The van der Waals surface area contributed by atoms with E-state index in [0.717, 1.165) is 41.8 Å². The number of allylic oxidation sites excluding steroid dienone is 9. The number of nitrogens with zero attached hydrogens (tertiary/aromatic N) is 2. The van der Waals surface area contributed by atoms with Crippen LogP contribution >= 0.6 is 11.3 Å². The molecule has 2 heterocycles. The zero-order valence-electron chi connectivity index (χ0n) is 16.8. The third kappa shape index (κ3) is 4.33. The van der Waals surface area contributed by atoms with Crippen LogP contribution in [0.4, 0.5) is 0 Å². The van der Waals surface area contributed by atoms with Gasteiger partial charge in [-0.25, -0.2) is 0 Å². The van der Waals surface area contributed by atoms with Crippen molar-refractivity contribution in [1.82, 2.24) is 5.01 Å². The first-order valence-corrected chi connectivity index (χ1v) is 10.9. The summed E-state index contributed by atoms with van der Waals surface area (Å²) in [7, 11) is 0. The van der Waals surface area contributed by atoms with E-state index in [-0.39, 0.29) is 17.7 Å². The van der Waals surface area contributed by atoms with Gasteiger partial charge in [0.1, 0.15) is 5.78 Å². The Bertz CT molecular complexity index is 868. The van der Waals surface area contributed by atoms with E-state index in [1.165, 1.54) is 0 Å². The molecule has 0 saturated carbocycles. The van der Waals surface area contributed by atoms with Crippen molar-refractivity contribution in [3.8, 4) is 0 Å². The smallest absolute Gasteiger partial charge is 0.141 e. The molecule has 0 bridgehead atoms. The number of carbonyl (C=O) groups is 1. The van der Waals surface area contributed by atoms with Crippen LogP contribution in [0.25, 0.3) is 0 Å². The van der Waals surface area contributed by atoms with E-state index in [1.54, 1.807) is 18.3 Å². The largest absolute Gasteiger partial charge is 0.299 e. The lowest BCUT2D eigenvalue weighted by molar-refractivity contribution is -0.119. The van der Waals surface area contributed by atoms with Crippen molar-refractivity contribution >= 4 is 22.8 Å². The molecule has 0 N–H and O–H groups in total. The van der Waals surface area contributed by atoms with Crippen LogP contribution in [0.1, 0.15) is 51.6 Å². The summed E-state index contributed by atoms with van der Waals surface area (Å²) in [6.07, 6.45) is 19.5. The second-order valence-electron chi connectivity index (χ2n) is 6.98. The summed E-state index contributed by atoms with van der Waals surface area (Å²) >= 11 is 1.66. The van der Waals surface area contributed by atoms with E-state index in [1.807, 2.05) is 13.0 Å². The minimum absolute atomic E-state index is 0.0985. The van der Waals surface area contributed by atoms with Crippen molar-refractivity contribution in [2.24, 2.45) is 11.0 Å². The van der Waals surface area contributed by atoms with Gasteiger partial charge in [0.15, 0.2) is 0 Å². The molecule has 1 aromatic heterocycles. The molecule has 0 fully saturated rings. The lowest BCUT2D eigenvalue weighted by Gasteiger charge is -2.27. The van der Waals surface area contributed by atoms with Crippen LogP contribution in [0.15, 0.2) is 81.8 Å². The highest BCUT2D eigenvalue weighted by molar-refractivity contribution is 7.08. The molecule has 2 unspecified atom stereocenters. The first-order chi connectivity index (χ1) is 13.7. The Labute approximate surface area is 172 Å². The highest BCUT2D eigenvalue weighted by Crippen LogP contribution is 2.42. The number of carbonyl (C=O) groups excluding carboxylic acids is 1. The van der Waals surface area contributed by atoms with E-state index in [2.05, 4.69) is 71.3 Å². The minimum atomic E-state index is -0.261. The molecule has 0 aromatic carbocycles. The van der Waals surface area contributed by atoms with Crippen LogP contribution in [-0.4, -0.2) is 16.5 Å². The molecule has 2 atom stereocenters. The number of Topliss-reactive ketones (excluding diaryl/α,β-unsaturated/α-hetero) is 1. The van der Waals surface area contributed by atoms with Crippen LogP contribution in [0, 0.1) is 5.92 Å². The SMILES string of the molecule is C/C=C\C(=C/CC)N1N=C(/C2=C/C/C=C\C=CC2)C(C(C)=O)C1c1ccsc1. The Morgan fingerprint density at radius 2 is 2.18 bits per heavy atom. The Morgan fingerprint density at radius 1 is 1.36 bits per heavy atom. The van der Waals surface area contributed by atoms with Gasteiger partial charge in [-0.15, -0.1) is 0 Å².